The molecule has 5 heteroatoms. The van der Waals surface area contributed by atoms with Gasteiger partial charge in [0, 0.05) is 17.5 Å². The second kappa shape index (κ2) is 4.72. The Hall–Kier alpha value is -1.10. The number of hydrogen-bond acceptors (Lipinski definition) is 5. The van der Waals surface area contributed by atoms with Gasteiger partial charge >= 0.3 is 5.97 Å². The van der Waals surface area contributed by atoms with E-state index in [1.807, 2.05) is 6.92 Å². The number of ether oxygens (including phenoxy) is 1. The normalized spacial score (nSPS) is 30.9. The summed E-state index contributed by atoms with van der Waals surface area (Å²) in [6, 6.07) is 0.701. The zero-order valence-corrected chi connectivity index (χ0v) is 12.6. The van der Waals surface area contributed by atoms with Crippen molar-refractivity contribution >= 4 is 22.4 Å². The van der Waals surface area contributed by atoms with Crippen molar-refractivity contribution in [2.45, 2.75) is 51.0 Å². The number of nitrogens with zero attached hydrogens (tertiary/aromatic N) is 2. The minimum absolute atomic E-state index is 0.0916. The van der Waals surface area contributed by atoms with E-state index < -0.39 is 0 Å². The third-order valence-electron chi connectivity index (χ3n) is 4.93. The molecular formula is C15H20N2O2S. The molecule has 20 heavy (non-hydrogen) atoms. The van der Waals surface area contributed by atoms with E-state index in [9.17, 15) is 4.79 Å². The highest BCUT2D eigenvalue weighted by Crippen LogP contribution is 2.45. The van der Waals surface area contributed by atoms with E-state index in [0.29, 0.717) is 12.6 Å². The van der Waals surface area contributed by atoms with E-state index in [2.05, 4.69) is 4.90 Å². The van der Waals surface area contributed by atoms with Crippen LogP contribution in [0.4, 0.5) is 5.13 Å². The van der Waals surface area contributed by atoms with Gasteiger partial charge in [0.2, 0.25) is 0 Å². The van der Waals surface area contributed by atoms with Gasteiger partial charge in [-0.1, -0.05) is 0 Å². The topological polar surface area (TPSA) is 42.4 Å². The molecule has 4 nitrogen and oxygen atoms in total. The summed E-state index contributed by atoms with van der Waals surface area (Å²) in [6.07, 6.45) is 5.90. The fourth-order valence-corrected chi connectivity index (χ4v) is 5.19. The summed E-state index contributed by atoms with van der Waals surface area (Å²) in [7, 11) is 0. The Labute approximate surface area is 123 Å². The Kier molecular flexibility index (Phi) is 2.98. The van der Waals surface area contributed by atoms with E-state index in [4.69, 9.17) is 9.72 Å². The Morgan fingerprint density at radius 2 is 2.35 bits per heavy atom. The van der Waals surface area contributed by atoms with Gasteiger partial charge in [-0.25, -0.2) is 4.98 Å². The number of hydrogen-bond donors (Lipinski definition) is 0. The number of esters is 1. The van der Waals surface area contributed by atoms with E-state index in [1.165, 1.54) is 30.7 Å². The summed E-state index contributed by atoms with van der Waals surface area (Å²) in [6.45, 7) is 3.49. The van der Waals surface area contributed by atoms with Gasteiger partial charge in [-0.15, -0.1) is 11.3 Å². The van der Waals surface area contributed by atoms with Gasteiger partial charge in [0.15, 0.2) is 5.13 Å². The molecule has 3 unspecified atom stereocenters. The van der Waals surface area contributed by atoms with Gasteiger partial charge in [0.05, 0.1) is 12.3 Å². The number of anilines is 1. The number of thiazole rings is 1. The summed E-state index contributed by atoms with van der Waals surface area (Å²) in [5, 5.41) is 1.15. The second-order valence-electron chi connectivity index (χ2n) is 6.13. The van der Waals surface area contributed by atoms with E-state index >= 15 is 0 Å². The van der Waals surface area contributed by atoms with Gasteiger partial charge in [0.1, 0.15) is 5.92 Å². The van der Waals surface area contributed by atoms with Crippen molar-refractivity contribution in [3.63, 3.8) is 0 Å². The highest BCUT2D eigenvalue weighted by Gasteiger charge is 2.41. The molecule has 1 aromatic heterocycles. The Bertz CT molecular complexity index is 542. The quantitative estimate of drug-likeness (QED) is 0.803. The lowest BCUT2D eigenvalue weighted by molar-refractivity contribution is -0.145. The molecule has 0 aromatic carbocycles. The smallest absolute Gasteiger partial charge is 0.315 e. The van der Waals surface area contributed by atoms with Crippen LogP contribution in [0.2, 0.25) is 0 Å². The molecule has 3 aliphatic rings. The molecule has 2 heterocycles. The van der Waals surface area contributed by atoms with Crippen molar-refractivity contribution in [3.05, 3.63) is 10.6 Å². The number of rotatable bonds is 3. The van der Waals surface area contributed by atoms with Gasteiger partial charge in [-0.2, -0.15) is 0 Å². The molecule has 3 atom stereocenters. The van der Waals surface area contributed by atoms with E-state index in [0.717, 1.165) is 29.6 Å². The van der Waals surface area contributed by atoms with Crippen molar-refractivity contribution in [2.75, 3.05) is 18.1 Å². The summed E-state index contributed by atoms with van der Waals surface area (Å²) in [5.41, 5.74) is 1.01. The van der Waals surface area contributed by atoms with Crippen molar-refractivity contribution in [2.24, 2.45) is 5.92 Å². The fraction of sp³-hybridized carbons (Fsp3) is 0.733. The molecule has 2 aliphatic carbocycles. The molecule has 0 spiro atoms. The number of carbonyl (C=O) groups excluding carboxylic acids is 1. The first-order valence-corrected chi connectivity index (χ1v) is 8.50. The lowest BCUT2D eigenvalue weighted by Gasteiger charge is -2.26. The van der Waals surface area contributed by atoms with Crippen LogP contribution in [0.15, 0.2) is 0 Å². The minimum Gasteiger partial charge on any atom is -0.465 e. The van der Waals surface area contributed by atoms with Crippen LogP contribution in [0, 0.1) is 5.92 Å². The van der Waals surface area contributed by atoms with E-state index in [1.54, 1.807) is 11.3 Å². The molecule has 1 saturated carbocycles. The third-order valence-corrected chi connectivity index (χ3v) is 6.10. The van der Waals surface area contributed by atoms with Gasteiger partial charge in [-0.3, -0.25) is 4.79 Å². The highest BCUT2D eigenvalue weighted by molar-refractivity contribution is 7.15. The molecule has 1 aromatic rings. The molecule has 4 rings (SSSR count). The maximum atomic E-state index is 12.0. The Morgan fingerprint density at radius 3 is 3.05 bits per heavy atom. The van der Waals surface area contributed by atoms with Crippen LogP contribution in [0.5, 0.6) is 0 Å². The number of fused-ring (bicyclic) bond motifs is 3. The second-order valence-corrected chi connectivity index (χ2v) is 7.20. The summed E-state index contributed by atoms with van der Waals surface area (Å²) in [5.74, 6) is 0.667. The average Bonchev–Trinajstić information content (AvgIpc) is 3.17. The van der Waals surface area contributed by atoms with Crippen LogP contribution < -0.4 is 4.90 Å². The largest absolute Gasteiger partial charge is 0.465 e. The monoisotopic (exact) mass is 292 g/mol. The lowest BCUT2D eigenvalue weighted by Crippen LogP contribution is -2.31. The fourth-order valence-electron chi connectivity index (χ4n) is 3.97. The zero-order valence-electron chi connectivity index (χ0n) is 11.8. The molecule has 108 valence electrons. The van der Waals surface area contributed by atoms with Gasteiger partial charge in [-0.05, 0) is 44.9 Å². The van der Waals surface area contributed by atoms with Crippen LogP contribution >= 0.6 is 11.3 Å². The zero-order chi connectivity index (χ0) is 13.7. The maximum absolute atomic E-state index is 12.0. The molecular weight excluding hydrogens is 272 g/mol. The Balaban J connectivity index is 1.57. The first kappa shape index (κ1) is 12.6. The predicted octanol–water partition coefficient (Wildman–Crippen LogP) is 2.72. The van der Waals surface area contributed by atoms with Crippen LogP contribution in [0.25, 0.3) is 0 Å². The van der Waals surface area contributed by atoms with Crippen molar-refractivity contribution in [3.8, 4) is 0 Å². The summed E-state index contributed by atoms with van der Waals surface area (Å²) in [4.78, 5) is 20.6. The SMILES string of the molecule is CCOC(=O)C1CCc2sc(N3CC4CCC3C4)nc21. The van der Waals surface area contributed by atoms with Gasteiger partial charge < -0.3 is 9.64 Å². The lowest BCUT2D eigenvalue weighted by atomic mass is 10.1. The molecule has 0 N–H and O–H groups in total. The third kappa shape index (κ3) is 1.86. The summed E-state index contributed by atoms with van der Waals surface area (Å²) < 4.78 is 5.18. The van der Waals surface area contributed by atoms with Gasteiger partial charge in [0.25, 0.3) is 0 Å². The molecule has 0 amide bonds. The highest BCUT2D eigenvalue weighted by atomic mass is 32.1. The van der Waals surface area contributed by atoms with Crippen molar-refractivity contribution < 1.29 is 9.53 Å². The van der Waals surface area contributed by atoms with Crippen LogP contribution in [-0.4, -0.2) is 30.1 Å². The molecule has 1 aliphatic heterocycles. The number of aryl methyl sites for hydroxylation is 1. The standard InChI is InChI=1S/C15H20N2O2S/c1-2-19-14(18)11-5-6-12-13(11)16-15(20-12)17-8-9-3-4-10(17)7-9/h9-11H,2-8H2,1H3. The molecule has 2 fully saturated rings. The van der Waals surface area contributed by atoms with Crippen LogP contribution in [0.1, 0.15) is 49.1 Å². The van der Waals surface area contributed by atoms with Crippen molar-refractivity contribution in [1.82, 2.24) is 4.98 Å². The van der Waals surface area contributed by atoms with Crippen LogP contribution in [0.3, 0.4) is 0 Å². The Morgan fingerprint density at radius 1 is 1.45 bits per heavy atom. The minimum atomic E-state index is -0.116. The molecule has 2 bridgehead atoms. The predicted molar refractivity (Wildman–Crippen MR) is 78.3 cm³/mol. The average molecular weight is 292 g/mol. The maximum Gasteiger partial charge on any atom is 0.315 e. The first-order valence-electron chi connectivity index (χ1n) is 7.69. The van der Waals surface area contributed by atoms with Crippen molar-refractivity contribution in [1.29, 1.82) is 0 Å². The molecule has 0 radical (unpaired) electrons. The molecule has 1 saturated heterocycles. The number of aromatic nitrogens is 1. The first-order chi connectivity index (χ1) is 9.76. The number of carbonyl (C=O) groups is 1. The summed E-state index contributed by atoms with van der Waals surface area (Å²) >= 11 is 1.81. The number of piperidine rings is 1. The van der Waals surface area contributed by atoms with E-state index in [-0.39, 0.29) is 11.9 Å². The van der Waals surface area contributed by atoms with Crippen LogP contribution in [-0.2, 0) is 16.0 Å².